The van der Waals surface area contributed by atoms with Crippen molar-refractivity contribution in [2.45, 2.75) is 57.7 Å². The second kappa shape index (κ2) is 12.0. The number of amides is 1. The lowest BCUT2D eigenvalue weighted by molar-refractivity contribution is -0.149. The first-order valence-electron chi connectivity index (χ1n) is 11.5. The highest BCUT2D eigenvalue weighted by Gasteiger charge is 2.34. The number of benzene rings is 2. The highest BCUT2D eigenvalue weighted by atomic mass is 35.5. The fourth-order valence-electron chi connectivity index (χ4n) is 4.38. The number of carboxylic acids is 1. The zero-order valence-corrected chi connectivity index (χ0v) is 20.3. The molecule has 0 radical (unpaired) electrons. The molecule has 2 aromatic carbocycles. The normalized spacial score (nSPS) is 14.8. The number of carbonyl (C=O) groups excluding carboxylic acids is 2. The van der Waals surface area contributed by atoms with E-state index in [-0.39, 0.29) is 18.6 Å². The Morgan fingerprint density at radius 2 is 1.74 bits per heavy atom. The molecule has 0 spiro atoms. The van der Waals surface area contributed by atoms with Crippen LogP contribution in [-0.4, -0.2) is 59.1 Å². The molecule has 3 rings (SSSR count). The predicted octanol–water partition coefficient (Wildman–Crippen LogP) is 3.26. The van der Waals surface area contributed by atoms with Gasteiger partial charge < -0.3 is 14.7 Å². The van der Waals surface area contributed by atoms with E-state index in [0.717, 1.165) is 16.7 Å². The van der Waals surface area contributed by atoms with Gasteiger partial charge in [-0.2, -0.15) is 0 Å². The van der Waals surface area contributed by atoms with E-state index in [2.05, 4.69) is 5.32 Å². The van der Waals surface area contributed by atoms with Crippen molar-refractivity contribution in [3.8, 4) is 0 Å². The lowest BCUT2D eigenvalue weighted by atomic mass is 10.0. The van der Waals surface area contributed by atoms with Gasteiger partial charge in [0.2, 0.25) is 5.91 Å². The molecule has 0 aromatic heterocycles. The number of nitrogens with zero attached hydrogens (tertiary/aromatic N) is 1. The third-order valence-electron chi connectivity index (χ3n) is 6.09. The van der Waals surface area contributed by atoms with Gasteiger partial charge >= 0.3 is 11.9 Å². The monoisotopic (exact) mass is 486 g/mol. The van der Waals surface area contributed by atoms with Crippen LogP contribution in [0.3, 0.4) is 0 Å². The maximum Gasteiger partial charge on any atom is 0.323 e. The summed E-state index contributed by atoms with van der Waals surface area (Å²) in [5.41, 5.74) is 3.27. The fourth-order valence-corrected chi connectivity index (χ4v) is 4.51. The minimum absolute atomic E-state index is 0.228. The number of rotatable bonds is 11. The first kappa shape index (κ1) is 25.7. The van der Waals surface area contributed by atoms with Crippen LogP contribution in [0.4, 0.5) is 0 Å². The maximum atomic E-state index is 13.4. The van der Waals surface area contributed by atoms with Crippen LogP contribution < -0.4 is 5.32 Å². The lowest BCUT2D eigenvalue weighted by Crippen LogP contribution is -2.54. The molecule has 0 fully saturated rings. The van der Waals surface area contributed by atoms with E-state index in [0.29, 0.717) is 30.7 Å². The van der Waals surface area contributed by atoms with E-state index in [1.165, 1.54) is 4.90 Å². The van der Waals surface area contributed by atoms with Crippen molar-refractivity contribution < 1.29 is 24.2 Å². The van der Waals surface area contributed by atoms with E-state index < -0.39 is 30.6 Å². The molecule has 34 heavy (non-hydrogen) atoms. The van der Waals surface area contributed by atoms with E-state index in [9.17, 15) is 19.5 Å². The van der Waals surface area contributed by atoms with Crippen LogP contribution in [0.25, 0.3) is 0 Å². The van der Waals surface area contributed by atoms with Gasteiger partial charge in [-0.1, -0.05) is 48.0 Å². The Morgan fingerprint density at radius 1 is 1.12 bits per heavy atom. The van der Waals surface area contributed by atoms with Crippen molar-refractivity contribution in [1.29, 1.82) is 0 Å². The van der Waals surface area contributed by atoms with Gasteiger partial charge in [0.15, 0.2) is 0 Å². The molecule has 0 bridgehead atoms. The second-order valence-electron chi connectivity index (χ2n) is 8.55. The van der Waals surface area contributed by atoms with Crippen molar-refractivity contribution in [3.05, 3.63) is 70.2 Å². The largest absolute Gasteiger partial charge is 0.480 e. The minimum atomic E-state index is -1.07. The molecule has 1 unspecified atom stereocenters. The van der Waals surface area contributed by atoms with E-state index in [1.54, 1.807) is 26.0 Å². The van der Waals surface area contributed by atoms with Crippen LogP contribution in [0.2, 0.25) is 5.02 Å². The third kappa shape index (κ3) is 6.81. The molecule has 0 saturated carbocycles. The van der Waals surface area contributed by atoms with Crippen LogP contribution in [0.15, 0.2) is 48.5 Å². The van der Waals surface area contributed by atoms with Crippen LogP contribution >= 0.6 is 11.6 Å². The summed E-state index contributed by atoms with van der Waals surface area (Å²) < 4.78 is 5.22. The second-order valence-corrected chi connectivity index (χ2v) is 8.99. The summed E-state index contributed by atoms with van der Waals surface area (Å²) in [7, 11) is 0. The molecule has 0 saturated heterocycles. The van der Waals surface area contributed by atoms with Gasteiger partial charge in [0, 0.05) is 11.1 Å². The summed E-state index contributed by atoms with van der Waals surface area (Å²) in [4.78, 5) is 39.0. The molecule has 0 heterocycles. The van der Waals surface area contributed by atoms with Gasteiger partial charge in [0.1, 0.15) is 12.6 Å². The van der Waals surface area contributed by atoms with Gasteiger partial charge in [-0.25, -0.2) is 0 Å². The Balaban J connectivity index is 1.70. The summed E-state index contributed by atoms with van der Waals surface area (Å²) in [6.45, 7) is 3.23. The Kier molecular flexibility index (Phi) is 9.07. The number of ether oxygens (including phenoxy) is 1. The molecular formula is C26H31ClN2O5. The zero-order chi connectivity index (χ0) is 24.7. The Bertz CT molecular complexity index is 986. The molecule has 0 aliphatic heterocycles. The van der Waals surface area contributed by atoms with Crippen LogP contribution in [0, 0.1) is 0 Å². The zero-order valence-electron chi connectivity index (χ0n) is 19.5. The highest BCUT2D eigenvalue weighted by molar-refractivity contribution is 6.30. The van der Waals surface area contributed by atoms with Crippen molar-refractivity contribution in [3.63, 3.8) is 0 Å². The van der Waals surface area contributed by atoms with Gasteiger partial charge in [-0.05, 0) is 68.4 Å². The molecule has 8 heteroatoms. The number of aryl methyl sites for hydroxylation is 1. The number of esters is 1. The number of carbonyl (C=O) groups is 3. The fraction of sp³-hybridized carbons (Fsp3) is 0.423. The topological polar surface area (TPSA) is 95.9 Å². The van der Waals surface area contributed by atoms with Gasteiger partial charge in [0.05, 0.1) is 12.6 Å². The number of carboxylic acid groups (broad SMARTS) is 1. The van der Waals surface area contributed by atoms with Crippen LogP contribution in [0.5, 0.6) is 0 Å². The van der Waals surface area contributed by atoms with E-state index in [4.69, 9.17) is 16.3 Å². The molecule has 2 N–H and O–H groups in total. The first-order chi connectivity index (χ1) is 16.3. The Labute approximate surface area is 205 Å². The molecule has 7 nitrogen and oxygen atoms in total. The smallest absolute Gasteiger partial charge is 0.323 e. The Hall–Kier alpha value is -2.90. The molecule has 2 atom stereocenters. The van der Waals surface area contributed by atoms with Crippen molar-refractivity contribution in [1.82, 2.24) is 10.2 Å². The Morgan fingerprint density at radius 3 is 2.29 bits per heavy atom. The molecule has 182 valence electrons. The average molecular weight is 487 g/mol. The lowest BCUT2D eigenvalue weighted by Gasteiger charge is -2.31. The summed E-state index contributed by atoms with van der Waals surface area (Å²) in [5, 5.41) is 13.2. The third-order valence-corrected chi connectivity index (χ3v) is 6.34. The maximum absolute atomic E-state index is 13.4. The van der Waals surface area contributed by atoms with Gasteiger partial charge in [-0.3, -0.25) is 19.7 Å². The van der Waals surface area contributed by atoms with Gasteiger partial charge in [-0.15, -0.1) is 0 Å². The quantitative estimate of drug-likeness (QED) is 0.473. The van der Waals surface area contributed by atoms with E-state index >= 15 is 0 Å². The summed E-state index contributed by atoms with van der Waals surface area (Å²) in [6, 6.07) is 13.6. The minimum Gasteiger partial charge on any atom is -0.480 e. The average Bonchev–Trinajstić information content (AvgIpc) is 3.24. The number of halogens is 1. The molecule has 1 amide bonds. The van der Waals surface area contributed by atoms with Crippen molar-refractivity contribution >= 4 is 29.4 Å². The molecule has 2 aromatic rings. The molecular weight excluding hydrogens is 456 g/mol. The summed E-state index contributed by atoms with van der Waals surface area (Å²) in [5.74, 6) is -1.85. The number of hydrogen-bond donors (Lipinski definition) is 2. The first-order valence-corrected chi connectivity index (χ1v) is 11.9. The van der Waals surface area contributed by atoms with Crippen LogP contribution in [-0.2, 0) is 38.4 Å². The predicted molar refractivity (Wildman–Crippen MR) is 130 cm³/mol. The number of hydrogen-bond acceptors (Lipinski definition) is 5. The number of nitrogens with one attached hydrogen (secondary N) is 1. The summed E-state index contributed by atoms with van der Waals surface area (Å²) >= 11 is 5.95. The number of aliphatic carboxylic acids is 1. The van der Waals surface area contributed by atoms with E-state index in [1.807, 2.05) is 36.4 Å². The highest BCUT2D eigenvalue weighted by Crippen LogP contribution is 2.26. The standard InChI is InChI=1S/C26H31ClN2O5/c1-3-34-26(33)23(13-10-18-8-11-21(27)12-9-18)28-17(2)25(32)29(16-24(30)31)22-14-19-6-4-5-7-20(19)15-22/h4-9,11-12,17,22-23,28H,3,10,13-16H2,1-2H3,(H,30,31)/t17-,23?/m0/s1. The SMILES string of the molecule is CCOC(=O)C(CCc1ccc(Cl)cc1)N[C@@H](C)C(=O)N(CC(=O)O)C1Cc2ccccc2C1. The molecule has 1 aliphatic rings. The molecule has 1 aliphatic carbocycles. The summed E-state index contributed by atoms with van der Waals surface area (Å²) in [6.07, 6.45) is 2.23. The van der Waals surface area contributed by atoms with Crippen LogP contribution in [0.1, 0.15) is 37.0 Å². The van der Waals surface area contributed by atoms with Crippen molar-refractivity contribution in [2.24, 2.45) is 0 Å². The van der Waals surface area contributed by atoms with Gasteiger partial charge in [0.25, 0.3) is 0 Å². The van der Waals surface area contributed by atoms with Crippen molar-refractivity contribution in [2.75, 3.05) is 13.2 Å². The number of fused-ring (bicyclic) bond motifs is 1.